The van der Waals surface area contributed by atoms with Crippen molar-refractivity contribution in [3.05, 3.63) is 94.5 Å². The summed E-state index contributed by atoms with van der Waals surface area (Å²) in [7, 11) is 1.65. The molecule has 5 heteroatoms. The minimum atomic E-state index is 0. The topological polar surface area (TPSA) is 30.5 Å². The molecule has 0 spiro atoms. The van der Waals surface area contributed by atoms with Gasteiger partial charge in [-0.05, 0) is 24.6 Å². The van der Waals surface area contributed by atoms with Crippen LogP contribution < -0.4 is 14.8 Å². The van der Waals surface area contributed by atoms with Crippen molar-refractivity contribution in [3.63, 3.8) is 0 Å². The maximum atomic E-state index is 6.25. The standard InChI is InChI=1S/C23H24ClNO2.ClH/c1-17(18-9-4-3-5-10-18)25-15-19-12-8-14-22(26-2)23(19)27-16-20-11-6-7-13-21(20)24;/h3-14,17,25H,15-16H2,1-2H3;1H. The van der Waals surface area contributed by atoms with Crippen LogP contribution in [-0.2, 0) is 13.2 Å². The molecule has 1 atom stereocenters. The lowest BCUT2D eigenvalue weighted by Gasteiger charge is -2.18. The summed E-state index contributed by atoms with van der Waals surface area (Å²) in [4.78, 5) is 0. The van der Waals surface area contributed by atoms with Gasteiger partial charge in [-0.2, -0.15) is 0 Å². The van der Waals surface area contributed by atoms with Crippen LogP contribution in [-0.4, -0.2) is 7.11 Å². The highest BCUT2D eigenvalue weighted by molar-refractivity contribution is 6.31. The zero-order chi connectivity index (χ0) is 19.1. The van der Waals surface area contributed by atoms with Gasteiger partial charge in [-0.3, -0.25) is 0 Å². The fraction of sp³-hybridized carbons (Fsp3) is 0.217. The normalized spacial score (nSPS) is 11.4. The second kappa shape index (κ2) is 11.0. The molecule has 0 amide bonds. The van der Waals surface area contributed by atoms with Gasteiger partial charge in [0.2, 0.25) is 0 Å². The van der Waals surface area contributed by atoms with Crippen molar-refractivity contribution >= 4 is 24.0 Å². The van der Waals surface area contributed by atoms with Gasteiger partial charge in [0.25, 0.3) is 0 Å². The fourth-order valence-corrected chi connectivity index (χ4v) is 3.10. The first-order chi connectivity index (χ1) is 13.2. The lowest BCUT2D eigenvalue weighted by molar-refractivity contribution is 0.280. The summed E-state index contributed by atoms with van der Waals surface area (Å²) in [5, 5.41) is 4.25. The van der Waals surface area contributed by atoms with Crippen molar-refractivity contribution in [2.24, 2.45) is 0 Å². The second-order valence-corrected chi connectivity index (χ2v) is 6.75. The zero-order valence-corrected chi connectivity index (χ0v) is 17.6. The van der Waals surface area contributed by atoms with E-state index in [9.17, 15) is 0 Å². The molecular weight excluding hydrogens is 393 g/mol. The van der Waals surface area contributed by atoms with Gasteiger partial charge in [0, 0.05) is 28.7 Å². The molecule has 0 aliphatic rings. The van der Waals surface area contributed by atoms with Crippen molar-refractivity contribution < 1.29 is 9.47 Å². The van der Waals surface area contributed by atoms with Crippen molar-refractivity contribution in [2.45, 2.75) is 26.1 Å². The van der Waals surface area contributed by atoms with E-state index in [1.165, 1.54) is 5.56 Å². The fourth-order valence-electron chi connectivity index (χ4n) is 2.91. The van der Waals surface area contributed by atoms with Crippen LogP contribution in [0.1, 0.15) is 29.7 Å². The van der Waals surface area contributed by atoms with Gasteiger partial charge < -0.3 is 14.8 Å². The molecule has 1 N–H and O–H groups in total. The quantitative estimate of drug-likeness (QED) is 0.473. The number of para-hydroxylation sites is 1. The Morgan fingerprint density at radius 3 is 2.29 bits per heavy atom. The smallest absolute Gasteiger partial charge is 0.166 e. The molecule has 3 nitrogen and oxygen atoms in total. The molecule has 0 aliphatic carbocycles. The van der Waals surface area contributed by atoms with Crippen LogP contribution in [0.15, 0.2) is 72.8 Å². The van der Waals surface area contributed by atoms with Crippen molar-refractivity contribution in [1.29, 1.82) is 0 Å². The molecule has 0 bridgehead atoms. The number of halogens is 2. The predicted octanol–water partition coefficient (Wildman–Crippen LogP) is 6.20. The third-order valence-electron chi connectivity index (χ3n) is 4.51. The van der Waals surface area contributed by atoms with Crippen molar-refractivity contribution in [2.75, 3.05) is 7.11 Å². The van der Waals surface area contributed by atoms with Crippen molar-refractivity contribution in [1.82, 2.24) is 5.32 Å². The van der Waals surface area contributed by atoms with Gasteiger partial charge in [-0.1, -0.05) is 72.3 Å². The van der Waals surface area contributed by atoms with E-state index >= 15 is 0 Å². The Balaban J connectivity index is 0.00000280. The van der Waals surface area contributed by atoms with Crippen LogP contribution in [0.3, 0.4) is 0 Å². The molecule has 0 aliphatic heterocycles. The summed E-state index contributed by atoms with van der Waals surface area (Å²) < 4.78 is 11.6. The lowest BCUT2D eigenvalue weighted by atomic mass is 10.1. The number of rotatable bonds is 8. The molecule has 3 rings (SSSR count). The molecule has 0 heterocycles. The Hall–Kier alpha value is -2.20. The number of nitrogens with one attached hydrogen (secondary N) is 1. The summed E-state index contributed by atoms with van der Waals surface area (Å²) in [6.07, 6.45) is 0. The molecule has 0 saturated heterocycles. The van der Waals surface area contributed by atoms with Crippen LogP contribution in [0.25, 0.3) is 0 Å². The van der Waals surface area contributed by atoms with Crippen LogP contribution in [0.5, 0.6) is 11.5 Å². The van der Waals surface area contributed by atoms with E-state index in [-0.39, 0.29) is 18.4 Å². The van der Waals surface area contributed by atoms with Crippen LogP contribution in [0.2, 0.25) is 5.02 Å². The van der Waals surface area contributed by atoms with E-state index in [0.29, 0.717) is 23.9 Å². The predicted molar refractivity (Wildman–Crippen MR) is 118 cm³/mol. The third kappa shape index (κ3) is 5.65. The monoisotopic (exact) mass is 417 g/mol. The SMILES string of the molecule is COc1cccc(CNC(C)c2ccccc2)c1OCc1ccccc1Cl.Cl. The van der Waals surface area contributed by atoms with Gasteiger partial charge >= 0.3 is 0 Å². The van der Waals surface area contributed by atoms with Crippen LogP contribution >= 0.6 is 24.0 Å². The van der Waals surface area contributed by atoms with Gasteiger partial charge in [0.1, 0.15) is 6.61 Å². The molecule has 1 unspecified atom stereocenters. The van der Waals surface area contributed by atoms with E-state index in [4.69, 9.17) is 21.1 Å². The maximum absolute atomic E-state index is 6.25. The largest absolute Gasteiger partial charge is 0.493 e. The first-order valence-corrected chi connectivity index (χ1v) is 9.37. The first-order valence-electron chi connectivity index (χ1n) is 8.99. The van der Waals surface area contributed by atoms with Crippen molar-refractivity contribution in [3.8, 4) is 11.5 Å². The molecule has 0 fully saturated rings. The lowest BCUT2D eigenvalue weighted by Crippen LogP contribution is -2.18. The van der Waals surface area contributed by atoms with E-state index in [1.54, 1.807) is 7.11 Å². The molecule has 0 saturated carbocycles. The second-order valence-electron chi connectivity index (χ2n) is 6.34. The van der Waals surface area contributed by atoms with E-state index in [0.717, 1.165) is 16.9 Å². The number of benzene rings is 3. The van der Waals surface area contributed by atoms with Gasteiger partial charge in [0.15, 0.2) is 11.5 Å². The summed E-state index contributed by atoms with van der Waals surface area (Å²) in [5.74, 6) is 1.46. The maximum Gasteiger partial charge on any atom is 0.166 e. The molecule has 3 aromatic carbocycles. The Bertz CT molecular complexity index is 871. The molecule has 0 radical (unpaired) electrons. The first kappa shape index (κ1) is 22.1. The third-order valence-corrected chi connectivity index (χ3v) is 4.88. The average molecular weight is 418 g/mol. The highest BCUT2D eigenvalue weighted by Gasteiger charge is 2.13. The summed E-state index contributed by atoms with van der Waals surface area (Å²) >= 11 is 6.25. The highest BCUT2D eigenvalue weighted by Crippen LogP contribution is 2.32. The van der Waals surface area contributed by atoms with E-state index in [2.05, 4.69) is 42.6 Å². The van der Waals surface area contributed by atoms with Gasteiger partial charge in [-0.15, -0.1) is 12.4 Å². The number of hydrogen-bond donors (Lipinski definition) is 1. The van der Waals surface area contributed by atoms with Crippen LogP contribution in [0, 0.1) is 0 Å². The average Bonchev–Trinajstić information content (AvgIpc) is 2.72. The van der Waals surface area contributed by atoms with Gasteiger partial charge in [0.05, 0.1) is 7.11 Å². The highest BCUT2D eigenvalue weighted by atomic mass is 35.5. The van der Waals surface area contributed by atoms with Crippen LogP contribution in [0.4, 0.5) is 0 Å². The Labute approximate surface area is 178 Å². The Morgan fingerprint density at radius 1 is 0.893 bits per heavy atom. The minimum Gasteiger partial charge on any atom is -0.493 e. The molecule has 0 aromatic heterocycles. The number of methoxy groups -OCH3 is 1. The minimum absolute atomic E-state index is 0. The number of hydrogen-bond acceptors (Lipinski definition) is 3. The molecule has 28 heavy (non-hydrogen) atoms. The zero-order valence-electron chi connectivity index (χ0n) is 16.0. The summed E-state index contributed by atoms with van der Waals surface area (Å²) in [6.45, 7) is 3.21. The van der Waals surface area contributed by atoms with E-state index < -0.39 is 0 Å². The Kier molecular flexibility index (Phi) is 8.65. The molecule has 148 valence electrons. The van der Waals surface area contributed by atoms with Gasteiger partial charge in [-0.25, -0.2) is 0 Å². The summed E-state index contributed by atoms with van der Waals surface area (Å²) in [5.41, 5.74) is 3.24. The molecule has 3 aromatic rings. The molecular formula is C23H25Cl2NO2. The Morgan fingerprint density at radius 2 is 1.57 bits per heavy atom. The number of ether oxygens (including phenoxy) is 2. The van der Waals surface area contributed by atoms with E-state index in [1.807, 2.05) is 42.5 Å². The summed E-state index contributed by atoms with van der Waals surface area (Å²) in [6, 6.07) is 24.2.